The highest BCUT2D eigenvalue weighted by molar-refractivity contribution is 5.95. The second-order valence-electron chi connectivity index (χ2n) is 8.78. The first kappa shape index (κ1) is 24.7. The summed E-state index contributed by atoms with van der Waals surface area (Å²) in [4.78, 5) is 22.1. The van der Waals surface area contributed by atoms with E-state index < -0.39 is 0 Å². The van der Waals surface area contributed by atoms with Crippen LogP contribution in [0.5, 0.6) is 11.5 Å². The zero-order chi connectivity index (χ0) is 24.5. The number of pyridine rings is 1. The van der Waals surface area contributed by atoms with Crippen LogP contribution in [-0.2, 0) is 6.61 Å². The molecule has 2 aromatic carbocycles. The molecule has 1 amide bonds. The van der Waals surface area contributed by atoms with E-state index in [2.05, 4.69) is 39.3 Å². The van der Waals surface area contributed by atoms with Gasteiger partial charge in [-0.05, 0) is 55.4 Å². The maximum atomic E-state index is 13.3. The average Bonchev–Trinajstić information content (AvgIpc) is 2.90. The molecule has 7 heteroatoms. The van der Waals surface area contributed by atoms with Gasteiger partial charge in [0.1, 0.15) is 6.61 Å². The fourth-order valence-corrected chi connectivity index (χ4v) is 4.13. The molecule has 1 aliphatic rings. The van der Waals surface area contributed by atoms with Crippen molar-refractivity contribution in [2.24, 2.45) is 0 Å². The minimum atomic E-state index is -0.130. The number of carbonyl (C=O) groups excluding carboxylic acids is 1. The lowest BCUT2D eigenvalue weighted by Gasteiger charge is -2.35. The predicted molar refractivity (Wildman–Crippen MR) is 137 cm³/mol. The van der Waals surface area contributed by atoms with Gasteiger partial charge in [-0.2, -0.15) is 0 Å². The van der Waals surface area contributed by atoms with E-state index in [-0.39, 0.29) is 11.9 Å². The molecule has 1 N–H and O–H groups in total. The van der Waals surface area contributed by atoms with Crippen LogP contribution in [0.4, 0.5) is 0 Å². The zero-order valence-corrected chi connectivity index (χ0v) is 20.5. The van der Waals surface area contributed by atoms with Gasteiger partial charge in [0.25, 0.3) is 5.91 Å². The molecule has 0 radical (unpaired) electrons. The Morgan fingerprint density at radius 1 is 0.971 bits per heavy atom. The Morgan fingerprint density at radius 2 is 1.71 bits per heavy atom. The maximum Gasteiger partial charge on any atom is 0.251 e. The summed E-state index contributed by atoms with van der Waals surface area (Å²) >= 11 is 0. The molecule has 7 nitrogen and oxygen atoms in total. The van der Waals surface area contributed by atoms with Crippen molar-refractivity contribution in [3.05, 3.63) is 89.7 Å². The average molecular weight is 475 g/mol. The first-order valence-electron chi connectivity index (χ1n) is 12.2. The third-order valence-electron chi connectivity index (χ3n) is 6.19. The molecule has 0 aliphatic carbocycles. The van der Waals surface area contributed by atoms with E-state index in [4.69, 9.17) is 9.47 Å². The zero-order valence-electron chi connectivity index (χ0n) is 20.5. The van der Waals surface area contributed by atoms with E-state index in [1.54, 1.807) is 30.6 Å². The third-order valence-corrected chi connectivity index (χ3v) is 6.19. The van der Waals surface area contributed by atoms with Gasteiger partial charge in [0.15, 0.2) is 11.5 Å². The molecule has 1 aliphatic heterocycles. The van der Waals surface area contributed by atoms with Gasteiger partial charge < -0.3 is 19.7 Å². The summed E-state index contributed by atoms with van der Waals surface area (Å²) in [6, 6.07) is 19.2. The van der Waals surface area contributed by atoms with Gasteiger partial charge >= 0.3 is 0 Å². The summed E-state index contributed by atoms with van der Waals surface area (Å²) in [5.74, 6) is 1.04. The minimum Gasteiger partial charge on any atom is -0.490 e. The fourth-order valence-electron chi connectivity index (χ4n) is 4.13. The van der Waals surface area contributed by atoms with E-state index in [0.717, 1.165) is 43.9 Å². The van der Waals surface area contributed by atoms with Crippen LogP contribution in [0.1, 0.15) is 34.5 Å². The van der Waals surface area contributed by atoms with Crippen LogP contribution in [0.15, 0.2) is 73.1 Å². The van der Waals surface area contributed by atoms with Gasteiger partial charge in [-0.25, -0.2) is 0 Å². The largest absolute Gasteiger partial charge is 0.490 e. The van der Waals surface area contributed by atoms with Crippen molar-refractivity contribution in [3.8, 4) is 11.5 Å². The van der Waals surface area contributed by atoms with Gasteiger partial charge in [0.2, 0.25) is 0 Å². The predicted octanol–water partition coefficient (Wildman–Crippen LogP) is 3.78. The number of aromatic nitrogens is 1. The number of nitrogens with one attached hydrogen (secondary N) is 1. The second-order valence-corrected chi connectivity index (χ2v) is 8.78. The summed E-state index contributed by atoms with van der Waals surface area (Å²) in [6.45, 7) is 7.63. The highest BCUT2D eigenvalue weighted by atomic mass is 16.5. The topological polar surface area (TPSA) is 66.9 Å². The Bertz CT molecular complexity index is 1070. The number of hydrogen-bond acceptors (Lipinski definition) is 6. The molecule has 3 aromatic rings. The van der Waals surface area contributed by atoms with E-state index in [9.17, 15) is 4.79 Å². The van der Waals surface area contributed by atoms with Crippen molar-refractivity contribution in [2.45, 2.75) is 19.6 Å². The summed E-state index contributed by atoms with van der Waals surface area (Å²) in [6.07, 6.45) is 3.47. The van der Waals surface area contributed by atoms with Crippen LogP contribution < -0.4 is 14.8 Å². The highest BCUT2D eigenvalue weighted by Crippen LogP contribution is 2.29. The van der Waals surface area contributed by atoms with Crippen molar-refractivity contribution in [1.29, 1.82) is 0 Å². The van der Waals surface area contributed by atoms with Gasteiger partial charge in [-0.15, -0.1) is 0 Å². The quantitative estimate of drug-likeness (QED) is 0.483. The second kappa shape index (κ2) is 12.3. The lowest BCUT2D eigenvalue weighted by Crippen LogP contribution is -2.47. The Hall–Kier alpha value is -3.42. The van der Waals surface area contributed by atoms with E-state index in [0.29, 0.717) is 30.3 Å². The summed E-state index contributed by atoms with van der Waals surface area (Å²) < 4.78 is 11.8. The summed E-state index contributed by atoms with van der Waals surface area (Å²) in [7, 11) is 2.15. The van der Waals surface area contributed by atoms with Crippen molar-refractivity contribution < 1.29 is 14.3 Å². The van der Waals surface area contributed by atoms with E-state index in [1.807, 2.05) is 37.3 Å². The van der Waals surface area contributed by atoms with Crippen molar-refractivity contribution in [3.63, 3.8) is 0 Å². The number of ether oxygens (including phenoxy) is 2. The number of benzene rings is 2. The first-order chi connectivity index (χ1) is 17.1. The molecule has 1 saturated heterocycles. The number of carbonyl (C=O) groups is 1. The monoisotopic (exact) mass is 474 g/mol. The van der Waals surface area contributed by atoms with Gasteiger partial charge in [0.05, 0.1) is 12.6 Å². The summed E-state index contributed by atoms with van der Waals surface area (Å²) in [5, 5.41) is 3.26. The maximum absolute atomic E-state index is 13.3. The molecular weight excluding hydrogens is 440 g/mol. The molecule has 184 valence electrons. The van der Waals surface area contributed by atoms with Gasteiger partial charge in [-0.1, -0.05) is 30.3 Å². The number of amides is 1. The lowest BCUT2D eigenvalue weighted by molar-refractivity contribution is 0.0906. The Kier molecular flexibility index (Phi) is 8.70. The molecular formula is C28H34N4O3. The number of nitrogens with zero attached hydrogens (tertiary/aromatic N) is 3. The van der Waals surface area contributed by atoms with Crippen LogP contribution in [0.2, 0.25) is 0 Å². The van der Waals surface area contributed by atoms with Crippen molar-refractivity contribution >= 4 is 5.91 Å². The molecule has 0 spiro atoms. The number of hydrogen-bond donors (Lipinski definition) is 1. The smallest absolute Gasteiger partial charge is 0.251 e. The van der Waals surface area contributed by atoms with E-state index in [1.165, 1.54) is 0 Å². The number of piperazine rings is 1. The molecule has 0 saturated carbocycles. The standard InChI is InChI=1S/C28H34N4O3/c1-3-34-27-19-24(9-10-26(27)35-21-22-11-13-29-14-12-22)28(33)30-25(23-7-5-4-6-8-23)20-32-17-15-31(2)16-18-32/h4-14,19,25H,3,15-18,20-21H2,1-2H3,(H,30,33). The Balaban J connectivity index is 1.47. The number of likely N-dealkylation sites (N-methyl/N-ethyl adjacent to an activating group) is 1. The molecule has 1 atom stereocenters. The normalized spacial score (nSPS) is 15.4. The molecule has 2 heterocycles. The first-order valence-corrected chi connectivity index (χ1v) is 12.2. The molecule has 1 aromatic heterocycles. The van der Waals surface area contributed by atoms with Crippen molar-refractivity contribution in [2.75, 3.05) is 46.4 Å². The van der Waals surface area contributed by atoms with Crippen LogP contribution in [0.25, 0.3) is 0 Å². The van der Waals surface area contributed by atoms with Gasteiger partial charge in [0, 0.05) is 50.7 Å². The minimum absolute atomic E-state index is 0.106. The van der Waals surface area contributed by atoms with Crippen LogP contribution in [0.3, 0.4) is 0 Å². The fraction of sp³-hybridized carbons (Fsp3) is 0.357. The molecule has 4 rings (SSSR count). The molecule has 35 heavy (non-hydrogen) atoms. The van der Waals surface area contributed by atoms with Crippen molar-refractivity contribution in [1.82, 2.24) is 20.1 Å². The number of rotatable bonds is 10. The Labute approximate surface area is 207 Å². The van der Waals surface area contributed by atoms with Crippen LogP contribution in [-0.4, -0.2) is 67.1 Å². The van der Waals surface area contributed by atoms with E-state index >= 15 is 0 Å². The third kappa shape index (κ3) is 7.04. The summed E-state index contributed by atoms with van der Waals surface area (Å²) in [5.41, 5.74) is 2.66. The molecule has 1 fully saturated rings. The highest BCUT2D eigenvalue weighted by Gasteiger charge is 2.22. The molecule has 0 bridgehead atoms. The Morgan fingerprint density at radius 3 is 2.43 bits per heavy atom. The van der Waals surface area contributed by atoms with Crippen LogP contribution >= 0.6 is 0 Å². The molecule has 1 unspecified atom stereocenters. The lowest BCUT2D eigenvalue weighted by atomic mass is 10.0. The SMILES string of the molecule is CCOc1cc(C(=O)NC(CN2CCN(C)CC2)c2ccccc2)ccc1OCc1ccncc1. The van der Waals surface area contributed by atoms with Gasteiger partial charge in [-0.3, -0.25) is 14.7 Å². The van der Waals surface area contributed by atoms with Crippen LogP contribution in [0, 0.1) is 0 Å².